The molecular weight excluding hydrogens is 288 g/mol. The van der Waals surface area contributed by atoms with Crippen LogP contribution in [-0.4, -0.2) is 41.3 Å². The van der Waals surface area contributed by atoms with Crippen LogP contribution < -0.4 is 10.0 Å². The average molecular weight is 314 g/mol. The third kappa shape index (κ3) is 5.74. The number of hydrogen-bond donors (Lipinski definition) is 2. The molecule has 0 aliphatic carbocycles. The first-order chi connectivity index (χ1) is 10.0. The van der Waals surface area contributed by atoms with Gasteiger partial charge in [-0.15, -0.1) is 0 Å². The molecule has 0 aliphatic heterocycles. The molecular formula is C15H26N2O3S. The molecule has 0 saturated carbocycles. The Labute approximate surface area is 128 Å². The normalized spacial score (nSPS) is 13.3. The Hall–Kier alpha value is -0.950. The molecule has 5 nitrogen and oxygen atoms in total. The maximum atomic E-state index is 12.2. The van der Waals surface area contributed by atoms with Gasteiger partial charge in [0, 0.05) is 19.7 Å². The van der Waals surface area contributed by atoms with Crippen molar-refractivity contribution in [2.24, 2.45) is 0 Å². The number of rotatable bonds is 10. The molecule has 0 heterocycles. The van der Waals surface area contributed by atoms with E-state index < -0.39 is 10.0 Å². The summed E-state index contributed by atoms with van der Waals surface area (Å²) in [5.74, 6) is 0. The molecule has 1 atom stereocenters. The minimum Gasteiger partial charge on any atom is -0.383 e. The Kier molecular flexibility index (Phi) is 7.88. The molecule has 0 bridgehead atoms. The number of benzene rings is 1. The number of methoxy groups -OCH3 is 1. The fourth-order valence-corrected chi connectivity index (χ4v) is 3.50. The quantitative estimate of drug-likeness (QED) is 0.687. The number of nitrogens with one attached hydrogen (secondary N) is 2. The molecule has 0 radical (unpaired) electrons. The summed E-state index contributed by atoms with van der Waals surface area (Å²) in [5, 5.41) is 3.39. The van der Waals surface area contributed by atoms with Gasteiger partial charge in [0.15, 0.2) is 0 Å². The molecule has 6 heteroatoms. The van der Waals surface area contributed by atoms with Gasteiger partial charge in [-0.05, 0) is 31.0 Å². The summed E-state index contributed by atoms with van der Waals surface area (Å²) in [6, 6.07) is 7.23. The molecule has 1 unspecified atom stereocenters. The van der Waals surface area contributed by atoms with Crippen molar-refractivity contribution in [3.63, 3.8) is 0 Å². The summed E-state index contributed by atoms with van der Waals surface area (Å²) < 4.78 is 32.3. The molecule has 120 valence electrons. The molecule has 0 fully saturated rings. The van der Waals surface area contributed by atoms with Gasteiger partial charge in [-0.25, -0.2) is 13.1 Å². The van der Waals surface area contributed by atoms with Gasteiger partial charge < -0.3 is 10.1 Å². The van der Waals surface area contributed by atoms with Crippen molar-refractivity contribution < 1.29 is 13.2 Å². The number of ether oxygens (including phenoxy) is 1. The van der Waals surface area contributed by atoms with E-state index in [-0.39, 0.29) is 6.04 Å². The topological polar surface area (TPSA) is 67.4 Å². The van der Waals surface area contributed by atoms with Gasteiger partial charge in [-0.3, -0.25) is 0 Å². The van der Waals surface area contributed by atoms with Crippen LogP contribution in [0.25, 0.3) is 0 Å². The molecule has 0 amide bonds. The molecule has 2 N–H and O–H groups in total. The molecule has 0 aromatic heterocycles. The molecule has 1 rings (SSSR count). The fraction of sp³-hybridized carbons (Fsp3) is 0.600. The smallest absolute Gasteiger partial charge is 0.240 e. The Morgan fingerprint density at radius 3 is 2.57 bits per heavy atom. The lowest BCUT2D eigenvalue weighted by Crippen LogP contribution is -2.36. The Morgan fingerprint density at radius 2 is 1.95 bits per heavy atom. The van der Waals surface area contributed by atoms with Crippen LogP contribution in [0.4, 0.5) is 0 Å². The average Bonchev–Trinajstić information content (AvgIpc) is 2.45. The van der Waals surface area contributed by atoms with Gasteiger partial charge in [-0.2, -0.15) is 0 Å². The largest absolute Gasteiger partial charge is 0.383 e. The maximum Gasteiger partial charge on any atom is 0.240 e. The molecule has 21 heavy (non-hydrogen) atoms. The van der Waals surface area contributed by atoms with Crippen molar-refractivity contribution in [1.82, 2.24) is 10.0 Å². The van der Waals surface area contributed by atoms with Crippen molar-refractivity contribution in [3.8, 4) is 0 Å². The summed E-state index contributed by atoms with van der Waals surface area (Å²) in [4.78, 5) is 0.353. The summed E-state index contributed by atoms with van der Waals surface area (Å²) >= 11 is 0. The van der Waals surface area contributed by atoms with Crippen molar-refractivity contribution in [1.29, 1.82) is 0 Å². The van der Waals surface area contributed by atoms with Gasteiger partial charge in [0.2, 0.25) is 10.0 Å². The second-order valence-electron chi connectivity index (χ2n) is 4.92. The van der Waals surface area contributed by atoms with E-state index in [1.165, 1.54) is 0 Å². The molecule has 0 spiro atoms. The minimum absolute atomic E-state index is 0.105. The lowest BCUT2D eigenvalue weighted by Gasteiger charge is -2.19. The van der Waals surface area contributed by atoms with E-state index in [4.69, 9.17) is 4.74 Å². The van der Waals surface area contributed by atoms with E-state index in [0.717, 1.165) is 18.5 Å². The third-order valence-electron chi connectivity index (χ3n) is 3.11. The van der Waals surface area contributed by atoms with Crippen molar-refractivity contribution >= 4 is 10.0 Å². The standard InChI is InChI=1S/C15H26N2O3S/c1-4-10-16-14(12-20-3)11-13-8-6-7-9-15(13)21(18,19)17-5-2/h6-9,14,16-17H,4-5,10-12H2,1-3H3. The Balaban J connectivity index is 2.96. The lowest BCUT2D eigenvalue weighted by molar-refractivity contribution is 0.166. The van der Waals surface area contributed by atoms with Crippen LogP contribution in [0.15, 0.2) is 29.2 Å². The third-order valence-corrected chi connectivity index (χ3v) is 4.76. The minimum atomic E-state index is -3.44. The van der Waals surface area contributed by atoms with Gasteiger partial charge in [0.25, 0.3) is 0 Å². The van der Waals surface area contributed by atoms with E-state index in [2.05, 4.69) is 17.0 Å². The number of hydrogen-bond acceptors (Lipinski definition) is 4. The van der Waals surface area contributed by atoms with Crippen molar-refractivity contribution in [2.75, 3.05) is 26.8 Å². The van der Waals surface area contributed by atoms with Gasteiger partial charge in [-0.1, -0.05) is 32.0 Å². The van der Waals surface area contributed by atoms with Crippen LogP contribution in [0, 0.1) is 0 Å². The van der Waals surface area contributed by atoms with Crippen LogP contribution in [0.3, 0.4) is 0 Å². The highest BCUT2D eigenvalue weighted by Gasteiger charge is 2.19. The summed E-state index contributed by atoms with van der Waals surface area (Å²) in [7, 11) is -1.79. The molecule has 1 aromatic carbocycles. The van der Waals surface area contributed by atoms with Crippen molar-refractivity contribution in [3.05, 3.63) is 29.8 Å². The van der Waals surface area contributed by atoms with E-state index >= 15 is 0 Å². The van der Waals surface area contributed by atoms with Crippen LogP contribution in [-0.2, 0) is 21.2 Å². The Morgan fingerprint density at radius 1 is 1.24 bits per heavy atom. The van der Waals surface area contributed by atoms with Crippen LogP contribution in [0.5, 0.6) is 0 Å². The van der Waals surface area contributed by atoms with Gasteiger partial charge in [0.1, 0.15) is 0 Å². The first kappa shape index (κ1) is 18.1. The maximum absolute atomic E-state index is 12.2. The highest BCUT2D eigenvalue weighted by atomic mass is 32.2. The zero-order valence-corrected chi connectivity index (χ0v) is 13.9. The van der Waals surface area contributed by atoms with E-state index in [1.807, 2.05) is 12.1 Å². The van der Waals surface area contributed by atoms with Crippen LogP contribution >= 0.6 is 0 Å². The van der Waals surface area contributed by atoms with E-state index in [1.54, 1.807) is 26.2 Å². The van der Waals surface area contributed by atoms with E-state index in [9.17, 15) is 8.42 Å². The number of sulfonamides is 1. The highest BCUT2D eigenvalue weighted by Crippen LogP contribution is 2.17. The predicted octanol–water partition coefficient (Wildman–Crippen LogP) is 1.54. The zero-order chi connectivity index (χ0) is 15.7. The second-order valence-corrected chi connectivity index (χ2v) is 6.65. The first-order valence-corrected chi connectivity index (χ1v) is 8.83. The highest BCUT2D eigenvalue weighted by molar-refractivity contribution is 7.89. The summed E-state index contributed by atoms with van der Waals surface area (Å²) in [6.07, 6.45) is 1.65. The summed E-state index contributed by atoms with van der Waals surface area (Å²) in [6.45, 7) is 5.69. The van der Waals surface area contributed by atoms with Crippen LogP contribution in [0.1, 0.15) is 25.8 Å². The summed E-state index contributed by atoms with van der Waals surface area (Å²) in [5.41, 5.74) is 0.809. The molecule has 0 saturated heterocycles. The van der Waals surface area contributed by atoms with Gasteiger partial charge in [0.05, 0.1) is 11.5 Å². The van der Waals surface area contributed by atoms with Crippen LogP contribution in [0.2, 0.25) is 0 Å². The second kappa shape index (κ2) is 9.15. The SMILES string of the molecule is CCCNC(COC)Cc1ccccc1S(=O)(=O)NCC. The zero-order valence-electron chi connectivity index (χ0n) is 13.1. The van der Waals surface area contributed by atoms with Crippen molar-refractivity contribution in [2.45, 2.75) is 37.6 Å². The Bertz CT molecular complexity index is 517. The first-order valence-electron chi connectivity index (χ1n) is 7.35. The lowest BCUT2D eigenvalue weighted by atomic mass is 10.1. The monoisotopic (exact) mass is 314 g/mol. The van der Waals surface area contributed by atoms with Gasteiger partial charge >= 0.3 is 0 Å². The molecule has 1 aromatic rings. The predicted molar refractivity (Wildman–Crippen MR) is 85.0 cm³/mol. The molecule has 0 aliphatic rings. The van der Waals surface area contributed by atoms with E-state index in [0.29, 0.717) is 24.5 Å². The fourth-order valence-electron chi connectivity index (χ4n) is 2.21.